The number of carbonyl (C=O) groups is 3. The van der Waals surface area contributed by atoms with Crippen molar-refractivity contribution in [3.8, 4) is 0 Å². The van der Waals surface area contributed by atoms with Gasteiger partial charge in [0.1, 0.15) is 0 Å². The molecule has 0 aliphatic carbocycles. The highest BCUT2D eigenvalue weighted by Crippen LogP contribution is 2.14. The van der Waals surface area contributed by atoms with Crippen LogP contribution in [0.4, 0.5) is 0 Å². The summed E-state index contributed by atoms with van der Waals surface area (Å²) in [5, 5.41) is 7.20. The standard InChI is InChI=1S/C17H25N3O3S.C8H17N.C3H8/c1-12(2)15(20(4)16(22)10-18-11-21)8-13(3)17(23)19-9-14-6-5-7-24-14;1-8(2)9-6-4-3-5-7-9;1-3-2/h5-8,11-12,15H,9-10H2,1-4H3,(H,18,21)(H,19,23);8H,3-7H2,1-2H3;3H2,1-2H3/b13-8+;;. The minimum atomic E-state index is -0.224. The lowest BCUT2D eigenvalue weighted by molar-refractivity contribution is -0.132. The van der Waals surface area contributed by atoms with Crippen LogP contribution in [-0.2, 0) is 20.9 Å². The number of thiophene rings is 1. The number of hydrogen-bond donors (Lipinski definition) is 2. The maximum Gasteiger partial charge on any atom is 0.246 e. The van der Waals surface area contributed by atoms with Crippen LogP contribution in [0.3, 0.4) is 0 Å². The SMILES string of the molecule is C/C(=C\C(C(C)C)N(C)C(=O)CNC=O)C(=O)NCc1cccs1.CC(C)N1CCCCC1.CCC. The fourth-order valence-corrected chi connectivity index (χ4v) is 4.30. The number of rotatable bonds is 10. The number of likely N-dealkylation sites (tertiary alicyclic amines) is 1. The molecular weight excluding hydrogens is 472 g/mol. The molecule has 1 aromatic heterocycles. The van der Waals surface area contributed by atoms with Crippen molar-refractivity contribution in [1.29, 1.82) is 0 Å². The van der Waals surface area contributed by atoms with E-state index in [2.05, 4.69) is 43.2 Å². The van der Waals surface area contributed by atoms with Crippen LogP contribution in [0.15, 0.2) is 29.2 Å². The Hall–Kier alpha value is -2.19. The van der Waals surface area contributed by atoms with Crippen LogP contribution in [0.1, 0.15) is 79.0 Å². The average molecular weight is 523 g/mol. The van der Waals surface area contributed by atoms with Gasteiger partial charge in [0.25, 0.3) is 0 Å². The normalized spacial score (nSPS) is 14.7. The number of likely N-dealkylation sites (N-methyl/N-ethyl adjacent to an activating group) is 1. The second-order valence-corrected chi connectivity index (χ2v) is 10.8. The fraction of sp³-hybridized carbons (Fsp3) is 0.679. The first-order valence-corrected chi connectivity index (χ1v) is 14.1. The van der Waals surface area contributed by atoms with E-state index in [9.17, 15) is 14.4 Å². The summed E-state index contributed by atoms with van der Waals surface area (Å²) < 4.78 is 0. The predicted octanol–water partition coefficient (Wildman–Crippen LogP) is 4.84. The van der Waals surface area contributed by atoms with Crippen molar-refractivity contribution in [3.63, 3.8) is 0 Å². The number of hydrogen-bond acceptors (Lipinski definition) is 5. The van der Waals surface area contributed by atoms with Crippen LogP contribution in [0, 0.1) is 5.92 Å². The fourth-order valence-electron chi connectivity index (χ4n) is 3.66. The summed E-state index contributed by atoms with van der Waals surface area (Å²) in [6, 6.07) is 4.45. The Bertz CT molecular complexity index is 757. The van der Waals surface area contributed by atoms with Crippen molar-refractivity contribution in [2.24, 2.45) is 5.92 Å². The third-order valence-corrected chi connectivity index (χ3v) is 6.64. The monoisotopic (exact) mass is 522 g/mol. The Morgan fingerprint density at radius 2 is 1.75 bits per heavy atom. The molecule has 3 amide bonds. The first-order valence-electron chi connectivity index (χ1n) is 13.2. The summed E-state index contributed by atoms with van der Waals surface area (Å²) in [6.45, 7) is 17.6. The van der Waals surface area contributed by atoms with Crippen molar-refractivity contribution in [2.75, 3.05) is 26.7 Å². The molecule has 0 spiro atoms. The second-order valence-electron chi connectivity index (χ2n) is 9.75. The van der Waals surface area contributed by atoms with Crippen molar-refractivity contribution < 1.29 is 14.4 Å². The minimum Gasteiger partial charge on any atom is -0.350 e. The van der Waals surface area contributed by atoms with Gasteiger partial charge in [-0.3, -0.25) is 14.4 Å². The van der Waals surface area contributed by atoms with Crippen molar-refractivity contribution >= 4 is 29.6 Å². The van der Waals surface area contributed by atoms with Gasteiger partial charge >= 0.3 is 0 Å². The Balaban J connectivity index is 0.000000838. The van der Waals surface area contributed by atoms with Gasteiger partial charge in [-0.25, -0.2) is 0 Å². The molecule has 1 fully saturated rings. The van der Waals surface area contributed by atoms with E-state index < -0.39 is 0 Å². The molecule has 0 radical (unpaired) electrons. The van der Waals surface area contributed by atoms with Gasteiger partial charge in [0.2, 0.25) is 18.2 Å². The first-order chi connectivity index (χ1) is 17.1. The molecule has 7 nitrogen and oxygen atoms in total. The molecule has 8 heteroatoms. The van der Waals surface area contributed by atoms with Crippen LogP contribution in [0.5, 0.6) is 0 Å². The van der Waals surface area contributed by atoms with Crippen LogP contribution < -0.4 is 10.6 Å². The molecule has 1 aromatic rings. The lowest BCUT2D eigenvalue weighted by Crippen LogP contribution is -2.43. The van der Waals surface area contributed by atoms with E-state index in [0.29, 0.717) is 18.5 Å². The number of carbonyl (C=O) groups excluding carboxylic acids is 3. The van der Waals surface area contributed by atoms with Gasteiger partial charge in [-0.15, -0.1) is 11.3 Å². The van der Waals surface area contributed by atoms with E-state index in [1.165, 1.54) is 38.8 Å². The summed E-state index contributed by atoms with van der Waals surface area (Å²) >= 11 is 1.59. The summed E-state index contributed by atoms with van der Waals surface area (Å²) in [5.74, 6) is -0.222. The molecule has 0 bridgehead atoms. The third-order valence-electron chi connectivity index (χ3n) is 5.76. The van der Waals surface area contributed by atoms with Gasteiger partial charge in [-0.1, -0.05) is 52.7 Å². The van der Waals surface area contributed by atoms with Crippen LogP contribution in [0.25, 0.3) is 0 Å². The molecule has 1 aliphatic rings. The van der Waals surface area contributed by atoms with Gasteiger partial charge < -0.3 is 20.4 Å². The summed E-state index contributed by atoms with van der Waals surface area (Å²) in [7, 11) is 1.67. The number of nitrogens with zero attached hydrogens (tertiary/aromatic N) is 2. The van der Waals surface area contributed by atoms with Gasteiger partial charge in [-0.2, -0.15) is 0 Å². The van der Waals surface area contributed by atoms with Crippen LogP contribution in [0.2, 0.25) is 0 Å². The van der Waals surface area contributed by atoms with Crippen molar-refractivity contribution in [2.45, 2.75) is 92.8 Å². The van der Waals surface area contributed by atoms with E-state index in [1.54, 1.807) is 36.3 Å². The van der Waals surface area contributed by atoms with Crippen molar-refractivity contribution in [3.05, 3.63) is 34.0 Å². The lowest BCUT2D eigenvalue weighted by Gasteiger charge is -2.29. The van der Waals surface area contributed by atoms with E-state index in [1.807, 2.05) is 31.4 Å². The third kappa shape index (κ3) is 14.4. The van der Waals surface area contributed by atoms with E-state index in [0.717, 1.165) is 10.9 Å². The minimum absolute atomic E-state index is 0.0549. The Morgan fingerprint density at radius 1 is 1.14 bits per heavy atom. The maximum atomic E-state index is 12.2. The molecule has 2 N–H and O–H groups in total. The molecule has 1 saturated heterocycles. The average Bonchev–Trinajstić information content (AvgIpc) is 3.38. The largest absolute Gasteiger partial charge is 0.350 e. The Kier molecular flexibility index (Phi) is 18.7. The molecular formula is C28H50N4O3S. The lowest BCUT2D eigenvalue weighted by atomic mass is 10.00. The molecule has 1 aliphatic heterocycles. The number of nitrogens with one attached hydrogen (secondary N) is 2. The zero-order chi connectivity index (χ0) is 27.5. The highest BCUT2D eigenvalue weighted by molar-refractivity contribution is 7.09. The molecule has 1 atom stereocenters. The van der Waals surface area contributed by atoms with Crippen molar-refractivity contribution in [1.82, 2.24) is 20.4 Å². The first kappa shape index (κ1) is 33.8. The predicted molar refractivity (Wildman–Crippen MR) is 152 cm³/mol. The highest BCUT2D eigenvalue weighted by atomic mass is 32.1. The molecule has 2 rings (SSSR count). The number of amides is 3. The number of piperidine rings is 1. The maximum absolute atomic E-state index is 12.2. The quantitative estimate of drug-likeness (QED) is 0.340. The highest BCUT2D eigenvalue weighted by Gasteiger charge is 2.22. The molecule has 2 heterocycles. The van der Waals surface area contributed by atoms with E-state index in [4.69, 9.17) is 0 Å². The molecule has 206 valence electrons. The summed E-state index contributed by atoms with van der Waals surface area (Å²) in [6.07, 6.45) is 7.82. The Morgan fingerprint density at radius 3 is 2.19 bits per heavy atom. The van der Waals surface area contributed by atoms with Gasteiger partial charge in [0, 0.05) is 23.5 Å². The molecule has 1 unspecified atom stereocenters. The van der Waals surface area contributed by atoms with Crippen LogP contribution >= 0.6 is 11.3 Å². The Labute approximate surface area is 223 Å². The second kappa shape index (κ2) is 19.9. The summed E-state index contributed by atoms with van der Waals surface area (Å²) in [4.78, 5) is 39.8. The molecule has 0 saturated carbocycles. The summed E-state index contributed by atoms with van der Waals surface area (Å²) in [5.41, 5.74) is 0.563. The van der Waals surface area contributed by atoms with E-state index in [-0.39, 0.29) is 30.3 Å². The van der Waals surface area contributed by atoms with Gasteiger partial charge in [0.05, 0.1) is 19.1 Å². The van der Waals surface area contributed by atoms with Crippen LogP contribution in [-0.4, -0.2) is 66.8 Å². The van der Waals surface area contributed by atoms with Gasteiger partial charge in [0.15, 0.2) is 0 Å². The van der Waals surface area contributed by atoms with E-state index >= 15 is 0 Å². The zero-order valence-electron chi connectivity index (χ0n) is 23.8. The van der Waals surface area contributed by atoms with Gasteiger partial charge in [-0.05, 0) is 64.1 Å². The topological polar surface area (TPSA) is 81.8 Å². The smallest absolute Gasteiger partial charge is 0.246 e. The molecule has 0 aromatic carbocycles. The zero-order valence-corrected chi connectivity index (χ0v) is 24.6. The molecule has 36 heavy (non-hydrogen) atoms.